The fourth-order valence-electron chi connectivity index (χ4n) is 2.40. The van der Waals surface area contributed by atoms with Gasteiger partial charge in [0, 0.05) is 13.6 Å². The van der Waals surface area contributed by atoms with Crippen molar-refractivity contribution in [1.29, 1.82) is 0 Å². The lowest BCUT2D eigenvalue weighted by atomic mass is 10.0. The van der Waals surface area contributed by atoms with Crippen molar-refractivity contribution in [1.82, 2.24) is 9.55 Å². The summed E-state index contributed by atoms with van der Waals surface area (Å²) >= 11 is 0. The molecule has 1 aromatic heterocycles. The van der Waals surface area contributed by atoms with Crippen molar-refractivity contribution in [3.05, 3.63) is 24.3 Å². The second-order valence-corrected chi connectivity index (χ2v) is 5.19. The molecule has 1 saturated carbocycles. The van der Waals surface area contributed by atoms with Crippen LogP contribution in [0.1, 0.15) is 26.2 Å². The van der Waals surface area contributed by atoms with Crippen LogP contribution in [-0.4, -0.2) is 16.1 Å². The number of para-hydroxylation sites is 2. The zero-order chi connectivity index (χ0) is 11.9. The Bertz CT molecular complexity index is 537. The molecule has 0 aliphatic heterocycles. The summed E-state index contributed by atoms with van der Waals surface area (Å²) in [6.07, 6.45) is 3.99. The molecule has 17 heavy (non-hydrogen) atoms. The SMILES string of the molecule is CCC1(CNc2nc3ccccc3n2C)CC1. The van der Waals surface area contributed by atoms with Crippen LogP contribution in [0.5, 0.6) is 0 Å². The summed E-state index contributed by atoms with van der Waals surface area (Å²) in [6, 6.07) is 8.27. The van der Waals surface area contributed by atoms with Gasteiger partial charge in [0.1, 0.15) is 0 Å². The molecule has 0 bridgehead atoms. The first-order chi connectivity index (χ1) is 8.24. The number of fused-ring (bicyclic) bond motifs is 1. The molecule has 3 rings (SSSR count). The highest BCUT2D eigenvalue weighted by molar-refractivity contribution is 5.78. The molecule has 0 radical (unpaired) electrons. The Balaban J connectivity index is 1.83. The third-order valence-corrected chi connectivity index (χ3v) is 4.12. The number of anilines is 1. The highest BCUT2D eigenvalue weighted by Crippen LogP contribution is 2.48. The molecule has 1 N–H and O–H groups in total. The molecule has 1 aliphatic carbocycles. The minimum Gasteiger partial charge on any atom is -0.355 e. The lowest BCUT2D eigenvalue weighted by molar-refractivity contribution is 0.519. The normalized spacial score (nSPS) is 17.3. The molecule has 1 aromatic carbocycles. The van der Waals surface area contributed by atoms with E-state index in [1.54, 1.807) is 0 Å². The van der Waals surface area contributed by atoms with Gasteiger partial charge in [-0.3, -0.25) is 0 Å². The summed E-state index contributed by atoms with van der Waals surface area (Å²) in [7, 11) is 2.07. The van der Waals surface area contributed by atoms with E-state index in [-0.39, 0.29) is 0 Å². The molecular weight excluding hydrogens is 210 g/mol. The van der Waals surface area contributed by atoms with E-state index >= 15 is 0 Å². The quantitative estimate of drug-likeness (QED) is 0.872. The van der Waals surface area contributed by atoms with Crippen LogP contribution in [0.15, 0.2) is 24.3 Å². The Hall–Kier alpha value is -1.51. The molecule has 3 heteroatoms. The number of hydrogen-bond donors (Lipinski definition) is 1. The van der Waals surface area contributed by atoms with Gasteiger partial charge >= 0.3 is 0 Å². The van der Waals surface area contributed by atoms with Crippen LogP contribution in [0.2, 0.25) is 0 Å². The van der Waals surface area contributed by atoms with Gasteiger partial charge in [0.25, 0.3) is 0 Å². The predicted molar refractivity (Wildman–Crippen MR) is 71.2 cm³/mol. The van der Waals surface area contributed by atoms with E-state index in [1.165, 1.54) is 24.8 Å². The zero-order valence-electron chi connectivity index (χ0n) is 10.5. The van der Waals surface area contributed by atoms with Crippen LogP contribution in [0.3, 0.4) is 0 Å². The van der Waals surface area contributed by atoms with E-state index in [4.69, 9.17) is 0 Å². The van der Waals surface area contributed by atoms with Crippen LogP contribution < -0.4 is 5.32 Å². The van der Waals surface area contributed by atoms with Gasteiger partial charge in [-0.1, -0.05) is 19.1 Å². The standard InChI is InChI=1S/C14H19N3/c1-3-14(8-9-14)10-15-13-16-11-6-4-5-7-12(11)17(13)2/h4-7H,3,8-10H2,1-2H3,(H,15,16). The molecule has 3 nitrogen and oxygen atoms in total. The summed E-state index contributed by atoms with van der Waals surface area (Å²) in [5, 5.41) is 3.51. The van der Waals surface area contributed by atoms with Gasteiger partial charge in [0.15, 0.2) is 0 Å². The van der Waals surface area contributed by atoms with Crippen LogP contribution in [0, 0.1) is 5.41 Å². The van der Waals surface area contributed by atoms with Crippen LogP contribution in [-0.2, 0) is 7.05 Å². The summed E-state index contributed by atoms with van der Waals surface area (Å²) in [5.74, 6) is 0.992. The van der Waals surface area contributed by atoms with Crippen LogP contribution in [0.4, 0.5) is 5.95 Å². The van der Waals surface area contributed by atoms with Crippen molar-refractivity contribution >= 4 is 17.0 Å². The van der Waals surface area contributed by atoms with Crippen molar-refractivity contribution in [3.63, 3.8) is 0 Å². The number of nitrogens with one attached hydrogen (secondary N) is 1. The van der Waals surface area contributed by atoms with E-state index < -0.39 is 0 Å². The van der Waals surface area contributed by atoms with Gasteiger partial charge in [0.2, 0.25) is 5.95 Å². The molecular formula is C14H19N3. The molecule has 0 amide bonds. The van der Waals surface area contributed by atoms with E-state index in [0.29, 0.717) is 5.41 Å². The summed E-state index contributed by atoms with van der Waals surface area (Å²) in [4.78, 5) is 4.63. The van der Waals surface area contributed by atoms with Crippen molar-refractivity contribution < 1.29 is 0 Å². The van der Waals surface area contributed by atoms with Crippen LogP contribution in [0.25, 0.3) is 11.0 Å². The maximum absolute atomic E-state index is 4.63. The third kappa shape index (κ3) is 1.79. The Labute approximate surface area is 102 Å². The van der Waals surface area contributed by atoms with Gasteiger partial charge in [0.05, 0.1) is 11.0 Å². The van der Waals surface area contributed by atoms with E-state index in [1.807, 2.05) is 6.07 Å². The molecule has 1 fully saturated rings. The largest absolute Gasteiger partial charge is 0.355 e. The smallest absolute Gasteiger partial charge is 0.203 e. The number of imidazole rings is 1. The molecule has 1 heterocycles. The maximum atomic E-state index is 4.63. The van der Waals surface area contributed by atoms with Gasteiger partial charge in [-0.2, -0.15) is 0 Å². The number of benzene rings is 1. The van der Waals surface area contributed by atoms with E-state index in [9.17, 15) is 0 Å². The average Bonchev–Trinajstić information content (AvgIpc) is 3.08. The van der Waals surface area contributed by atoms with E-state index in [2.05, 4.69) is 47.0 Å². The Kier molecular flexibility index (Phi) is 2.35. The first-order valence-corrected chi connectivity index (χ1v) is 6.39. The number of rotatable bonds is 4. The monoisotopic (exact) mass is 229 g/mol. The second kappa shape index (κ2) is 3.76. The number of nitrogens with zero attached hydrogens (tertiary/aromatic N) is 2. The molecule has 1 aliphatic rings. The molecule has 90 valence electrons. The number of aromatic nitrogens is 2. The third-order valence-electron chi connectivity index (χ3n) is 4.12. The van der Waals surface area contributed by atoms with Gasteiger partial charge in [-0.15, -0.1) is 0 Å². The fraction of sp³-hybridized carbons (Fsp3) is 0.500. The predicted octanol–water partition coefficient (Wildman–Crippen LogP) is 3.18. The maximum Gasteiger partial charge on any atom is 0.203 e. The zero-order valence-corrected chi connectivity index (χ0v) is 10.5. The van der Waals surface area contributed by atoms with E-state index in [0.717, 1.165) is 18.0 Å². The summed E-state index contributed by atoms with van der Waals surface area (Å²) < 4.78 is 2.14. The Morgan fingerprint density at radius 2 is 2.12 bits per heavy atom. The molecule has 0 spiro atoms. The van der Waals surface area contributed by atoms with Gasteiger partial charge in [-0.25, -0.2) is 4.98 Å². The minimum absolute atomic E-state index is 0.554. The highest BCUT2D eigenvalue weighted by atomic mass is 15.2. The number of hydrogen-bond acceptors (Lipinski definition) is 2. The highest BCUT2D eigenvalue weighted by Gasteiger charge is 2.40. The lowest BCUT2D eigenvalue weighted by Crippen LogP contribution is -2.16. The molecule has 0 unspecified atom stereocenters. The first-order valence-electron chi connectivity index (χ1n) is 6.39. The molecule has 0 atom stereocenters. The molecule has 2 aromatic rings. The topological polar surface area (TPSA) is 29.9 Å². The van der Waals surface area contributed by atoms with Crippen molar-refractivity contribution in [2.45, 2.75) is 26.2 Å². The second-order valence-electron chi connectivity index (χ2n) is 5.19. The lowest BCUT2D eigenvalue weighted by Gasteiger charge is -2.13. The Morgan fingerprint density at radius 3 is 2.76 bits per heavy atom. The fourth-order valence-corrected chi connectivity index (χ4v) is 2.40. The minimum atomic E-state index is 0.554. The summed E-state index contributed by atoms with van der Waals surface area (Å²) in [5.41, 5.74) is 2.81. The first kappa shape index (κ1) is 10.6. The van der Waals surface area contributed by atoms with Crippen molar-refractivity contribution in [2.75, 3.05) is 11.9 Å². The summed E-state index contributed by atoms with van der Waals surface area (Å²) in [6.45, 7) is 3.34. The average molecular weight is 229 g/mol. The van der Waals surface area contributed by atoms with Crippen molar-refractivity contribution in [2.24, 2.45) is 12.5 Å². The van der Waals surface area contributed by atoms with Gasteiger partial charge in [-0.05, 0) is 36.8 Å². The Morgan fingerprint density at radius 1 is 1.35 bits per heavy atom. The van der Waals surface area contributed by atoms with Gasteiger partial charge < -0.3 is 9.88 Å². The van der Waals surface area contributed by atoms with Crippen molar-refractivity contribution in [3.8, 4) is 0 Å². The molecule has 0 saturated heterocycles. The number of aryl methyl sites for hydroxylation is 1. The van der Waals surface area contributed by atoms with Crippen LogP contribution >= 0.6 is 0 Å².